The van der Waals surface area contributed by atoms with Gasteiger partial charge in [0.1, 0.15) is 0 Å². The van der Waals surface area contributed by atoms with Gasteiger partial charge in [-0.1, -0.05) is 6.92 Å². The van der Waals surface area contributed by atoms with Crippen molar-refractivity contribution < 1.29 is 10.2 Å². The molecule has 0 aliphatic heterocycles. The van der Waals surface area contributed by atoms with E-state index in [1.54, 1.807) is 0 Å². The highest BCUT2D eigenvalue weighted by Gasteiger charge is 2.42. The molecule has 0 saturated heterocycles. The van der Waals surface area contributed by atoms with Crippen LogP contribution in [0, 0.1) is 29.6 Å². The number of hydrogen-bond donors (Lipinski definition) is 2. The van der Waals surface area contributed by atoms with E-state index < -0.39 is 0 Å². The van der Waals surface area contributed by atoms with Crippen molar-refractivity contribution in [3.63, 3.8) is 0 Å². The van der Waals surface area contributed by atoms with Crippen molar-refractivity contribution >= 4 is 0 Å². The third-order valence-electron chi connectivity index (χ3n) is 4.91. The molecule has 0 spiro atoms. The molecule has 2 nitrogen and oxygen atoms in total. The molecule has 0 bridgehead atoms. The quantitative estimate of drug-likeness (QED) is 0.751. The second kappa shape index (κ2) is 4.84. The van der Waals surface area contributed by atoms with Crippen molar-refractivity contribution in [2.75, 3.05) is 13.2 Å². The first-order chi connectivity index (χ1) is 7.26. The minimum absolute atomic E-state index is 0.343. The first kappa shape index (κ1) is 11.4. The first-order valence-electron chi connectivity index (χ1n) is 6.48. The Balaban J connectivity index is 1.96. The number of aliphatic hydroxyl groups excluding tert-OH is 2. The third kappa shape index (κ3) is 2.21. The van der Waals surface area contributed by atoms with Gasteiger partial charge in [-0.25, -0.2) is 0 Å². The summed E-state index contributed by atoms with van der Waals surface area (Å²) in [5.74, 6) is 3.67. The van der Waals surface area contributed by atoms with E-state index in [1.807, 2.05) is 0 Å². The molecule has 15 heavy (non-hydrogen) atoms. The van der Waals surface area contributed by atoms with Crippen LogP contribution in [0.3, 0.4) is 0 Å². The smallest absolute Gasteiger partial charge is 0.0462 e. The van der Waals surface area contributed by atoms with Crippen LogP contribution >= 0.6 is 0 Å². The molecule has 0 aromatic rings. The molecule has 2 rings (SSSR count). The van der Waals surface area contributed by atoms with Crippen molar-refractivity contribution in [1.29, 1.82) is 0 Å². The Labute approximate surface area is 92.7 Å². The first-order valence-corrected chi connectivity index (χ1v) is 6.48. The van der Waals surface area contributed by atoms with Gasteiger partial charge in [-0.2, -0.15) is 0 Å². The summed E-state index contributed by atoms with van der Waals surface area (Å²) in [4.78, 5) is 0. The number of aliphatic hydroxyl groups is 2. The van der Waals surface area contributed by atoms with Crippen LogP contribution in [0.4, 0.5) is 0 Å². The predicted octanol–water partition coefficient (Wildman–Crippen LogP) is 2.05. The van der Waals surface area contributed by atoms with Gasteiger partial charge in [0.15, 0.2) is 0 Å². The van der Waals surface area contributed by atoms with Crippen LogP contribution in [0.25, 0.3) is 0 Å². The van der Waals surface area contributed by atoms with Gasteiger partial charge in [-0.15, -0.1) is 0 Å². The molecule has 2 fully saturated rings. The Bertz CT molecular complexity index is 205. The lowest BCUT2D eigenvalue weighted by atomic mass is 9.67. The van der Waals surface area contributed by atoms with E-state index in [0.29, 0.717) is 19.1 Å². The highest BCUT2D eigenvalue weighted by molar-refractivity contribution is 4.91. The SMILES string of the molecule is CC1CC2C(CO)CCC2CC1CCO. The van der Waals surface area contributed by atoms with Crippen molar-refractivity contribution in [2.24, 2.45) is 29.6 Å². The van der Waals surface area contributed by atoms with Gasteiger partial charge in [0.05, 0.1) is 0 Å². The van der Waals surface area contributed by atoms with Gasteiger partial charge >= 0.3 is 0 Å². The Hall–Kier alpha value is -0.0800. The monoisotopic (exact) mass is 212 g/mol. The van der Waals surface area contributed by atoms with Crippen LogP contribution < -0.4 is 0 Å². The summed E-state index contributed by atoms with van der Waals surface area (Å²) in [6.07, 6.45) is 6.09. The third-order valence-corrected chi connectivity index (χ3v) is 4.91. The van der Waals surface area contributed by atoms with E-state index in [9.17, 15) is 5.11 Å². The van der Waals surface area contributed by atoms with Crippen LogP contribution in [0.5, 0.6) is 0 Å². The largest absolute Gasteiger partial charge is 0.396 e. The molecule has 2 heteroatoms. The highest BCUT2D eigenvalue weighted by Crippen LogP contribution is 2.50. The summed E-state index contributed by atoms with van der Waals surface area (Å²) in [7, 11) is 0. The number of hydrogen-bond acceptors (Lipinski definition) is 2. The molecule has 0 radical (unpaired) electrons. The maximum absolute atomic E-state index is 9.32. The van der Waals surface area contributed by atoms with E-state index in [2.05, 4.69) is 6.92 Å². The molecular formula is C13H24O2. The van der Waals surface area contributed by atoms with Crippen LogP contribution in [0.1, 0.15) is 39.0 Å². The van der Waals surface area contributed by atoms with Crippen LogP contribution in [0.2, 0.25) is 0 Å². The van der Waals surface area contributed by atoms with Gasteiger partial charge in [0, 0.05) is 13.2 Å². The topological polar surface area (TPSA) is 40.5 Å². The summed E-state index contributed by atoms with van der Waals surface area (Å²) in [5, 5.41) is 18.4. The molecule has 2 aliphatic rings. The summed E-state index contributed by atoms with van der Waals surface area (Å²) in [6.45, 7) is 3.05. The molecule has 2 saturated carbocycles. The zero-order chi connectivity index (χ0) is 10.8. The molecule has 0 aromatic carbocycles. The molecular weight excluding hydrogens is 188 g/mol. The Kier molecular flexibility index (Phi) is 3.68. The van der Waals surface area contributed by atoms with E-state index in [4.69, 9.17) is 5.11 Å². The second-order valence-electron chi connectivity index (χ2n) is 5.66. The van der Waals surface area contributed by atoms with Gasteiger partial charge < -0.3 is 10.2 Å². The molecule has 0 heterocycles. The van der Waals surface area contributed by atoms with E-state index in [-0.39, 0.29) is 0 Å². The molecule has 5 unspecified atom stereocenters. The summed E-state index contributed by atoms with van der Waals surface area (Å²) >= 11 is 0. The highest BCUT2D eigenvalue weighted by atomic mass is 16.3. The Morgan fingerprint density at radius 3 is 2.53 bits per heavy atom. The lowest BCUT2D eigenvalue weighted by Gasteiger charge is -2.38. The Morgan fingerprint density at radius 1 is 1.07 bits per heavy atom. The zero-order valence-electron chi connectivity index (χ0n) is 9.73. The fourth-order valence-electron chi connectivity index (χ4n) is 3.96. The second-order valence-corrected chi connectivity index (χ2v) is 5.66. The fourth-order valence-corrected chi connectivity index (χ4v) is 3.96. The summed E-state index contributed by atoms with van der Waals surface area (Å²) in [5.41, 5.74) is 0. The number of rotatable bonds is 3. The van der Waals surface area contributed by atoms with Gasteiger partial charge in [0.25, 0.3) is 0 Å². The average molecular weight is 212 g/mol. The van der Waals surface area contributed by atoms with Crippen molar-refractivity contribution in [2.45, 2.75) is 39.0 Å². The van der Waals surface area contributed by atoms with Crippen molar-refractivity contribution in [3.8, 4) is 0 Å². The summed E-state index contributed by atoms with van der Waals surface area (Å²) in [6, 6.07) is 0. The predicted molar refractivity (Wildman–Crippen MR) is 60.4 cm³/mol. The maximum atomic E-state index is 9.32. The van der Waals surface area contributed by atoms with E-state index >= 15 is 0 Å². The average Bonchev–Trinajstić information content (AvgIpc) is 2.61. The van der Waals surface area contributed by atoms with Gasteiger partial charge in [0.2, 0.25) is 0 Å². The minimum Gasteiger partial charge on any atom is -0.396 e. The number of fused-ring (bicyclic) bond motifs is 1. The lowest BCUT2D eigenvalue weighted by molar-refractivity contribution is 0.0800. The van der Waals surface area contributed by atoms with Crippen LogP contribution in [-0.2, 0) is 0 Å². The molecule has 2 N–H and O–H groups in total. The molecule has 5 atom stereocenters. The minimum atomic E-state index is 0.343. The molecule has 0 aromatic heterocycles. The van der Waals surface area contributed by atoms with E-state index in [0.717, 1.165) is 30.1 Å². The summed E-state index contributed by atoms with van der Waals surface area (Å²) < 4.78 is 0. The lowest BCUT2D eigenvalue weighted by Crippen LogP contribution is -2.31. The zero-order valence-corrected chi connectivity index (χ0v) is 9.73. The van der Waals surface area contributed by atoms with Crippen LogP contribution in [-0.4, -0.2) is 23.4 Å². The fraction of sp³-hybridized carbons (Fsp3) is 1.00. The molecule has 0 amide bonds. The van der Waals surface area contributed by atoms with Gasteiger partial charge in [-0.05, 0) is 61.7 Å². The molecule has 88 valence electrons. The van der Waals surface area contributed by atoms with Crippen LogP contribution in [0.15, 0.2) is 0 Å². The van der Waals surface area contributed by atoms with Crippen molar-refractivity contribution in [1.82, 2.24) is 0 Å². The molecule has 2 aliphatic carbocycles. The standard InChI is InChI=1S/C13H24O2/c1-9-6-13-11(2-3-12(13)8-15)7-10(9)4-5-14/h9-15H,2-8H2,1H3. The normalized spacial score (nSPS) is 45.4. The van der Waals surface area contributed by atoms with Gasteiger partial charge in [-0.3, -0.25) is 0 Å². The van der Waals surface area contributed by atoms with Crippen molar-refractivity contribution in [3.05, 3.63) is 0 Å². The maximum Gasteiger partial charge on any atom is 0.0462 e. The Morgan fingerprint density at radius 2 is 1.87 bits per heavy atom. The van der Waals surface area contributed by atoms with E-state index in [1.165, 1.54) is 25.7 Å².